The Kier molecular flexibility index (Phi) is 4.64. The van der Waals surface area contributed by atoms with Crippen LogP contribution in [0.3, 0.4) is 0 Å². The molecule has 0 bridgehead atoms. The van der Waals surface area contributed by atoms with Gasteiger partial charge in [0.25, 0.3) is 0 Å². The topological polar surface area (TPSA) is 49.9 Å². The van der Waals surface area contributed by atoms with Crippen molar-refractivity contribution in [3.8, 4) is 5.75 Å². The average Bonchev–Trinajstić information content (AvgIpc) is 3.31. The van der Waals surface area contributed by atoms with Crippen LogP contribution in [0.2, 0.25) is 5.02 Å². The highest BCUT2D eigenvalue weighted by atomic mass is 35.5. The van der Waals surface area contributed by atoms with Gasteiger partial charge in [0.1, 0.15) is 5.75 Å². The highest BCUT2D eigenvalue weighted by molar-refractivity contribution is 7.89. The number of hydrogen-bond acceptors (Lipinski definition) is 4. The predicted molar refractivity (Wildman–Crippen MR) is 85.9 cm³/mol. The summed E-state index contributed by atoms with van der Waals surface area (Å²) >= 11 is 6.05. The molecule has 1 aromatic rings. The van der Waals surface area contributed by atoms with Crippen LogP contribution >= 0.6 is 11.6 Å². The van der Waals surface area contributed by atoms with E-state index in [0.29, 0.717) is 23.9 Å². The average molecular weight is 345 g/mol. The Labute approximate surface area is 136 Å². The van der Waals surface area contributed by atoms with Crippen LogP contribution in [0.4, 0.5) is 0 Å². The number of hydrogen-bond donors (Lipinski definition) is 0. The number of piperazine rings is 1. The zero-order chi connectivity index (χ0) is 15.7. The van der Waals surface area contributed by atoms with E-state index in [-0.39, 0.29) is 4.90 Å². The summed E-state index contributed by atoms with van der Waals surface area (Å²) < 4.78 is 32.0. The number of sulfonamides is 1. The maximum absolute atomic E-state index is 12.7. The van der Waals surface area contributed by atoms with E-state index in [2.05, 4.69) is 4.90 Å². The van der Waals surface area contributed by atoms with E-state index in [1.807, 2.05) is 0 Å². The van der Waals surface area contributed by atoms with Crippen LogP contribution in [-0.4, -0.2) is 57.5 Å². The van der Waals surface area contributed by atoms with Gasteiger partial charge in [0, 0.05) is 32.7 Å². The fraction of sp³-hybridized carbons (Fsp3) is 0.600. The Balaban J connectivity index is 1.69. The van der Waals surface area contributed by atoms with Gasteiger partial charge in [0.15, 0.2) is 0 Å². The van der Waals surface area contributed by atoms with Gasteiger partial charge in [-0.25, -0.2) is 8.42 Å². The summed E-state index contributed by atoms with van der Waals surface area (Å²) in [6, 6.07) is 4.61. The molecule has 0 radical (unpaired) electrons. The first-order valence-corrected chi connectivity index (χ1v) is 9.38. The molecule has 0 atom stereocenters. The van der Waals surface area contributed by atoms with E-state index in [0.717, 1.165) is 25.6 Å². The molecular formula is C15H21ClN2O3S. The summed E-state index contributed by atoms with van der Waals surface area (Å²) in [5.74, 6) is 1.32. The van der Waals surface area contributed by atoms with Gasteiger partial charge in [-0.15, -0.1) is 0 Å². The lowest BCUT2D eigenvalue weighted by atomic mass is 10.3. The summed E-state index contributed by atoms with van der Waals surface area (Å²) in [5.41, 5.74) is 0. The zero-order valence-electron chi connectivity index (χ0n) is 12.7. The predicted octanol–water partition coefficient (Wildman–Crippen LogP) is 2.06. The van der Waals surface area contributed by atoms with Crippen molar-refractivity contribution < 1.29 is 13.2 Å². The monoisotopic (exact) mass is 344 g/mol. The molecule has 5 nitrogen and oxygen atoms in total. The fourth-order valence-corrected chi connectivity index (χ4v) is 4.55. The van der Waals surface area contributed by atoms with E-state index in [1.165, 1.54) is 26.0 Å². The minimum Gasteiger partial charge on any atom is -0.495 e. The SMILES string of the molecule is COc1ccc(S(=O)(=O)N2CCN(CC3CC3)CC2)cc1Cl. The second-order valence-electron chi connectivity index (χ2n) is 5.94. The van der Waals surface area contributed by atoms with E-state index in [9.17, 15) is 8.42 Å². The number of benzene rings is 1. The zero-order valence-corrected chi connectivity index (χ0v) is 14.2. The van der Waals surface area contributed by atoms with Gasteiger partial charge in [-0.2, -0.15) is 4.31 Å². The van der Waals surface area contributed by atoms with E-state index in [4.69, 9.17) is 16.3 Å². The van der Waals surface area contributed by atoms with Crippen molar-refractivity contribution in [2.24, 2.45) is 5.92 Å². The van der Waals surface area contributed by atoms with Gasteiger partial charge in [-0.3, -0.25) is 0 Å². The lowest BCUT2D eigenvalue weighted by Crippen LogP contribution is -2.49. The van der Waals surface area contributed by atoms with Crippen molar-refractivity contribution in [1.82, 2.24) is 9.21 Å². The normalized spacial score (nSPS) is 21.0. The summed E-state index contributed by atoms with van der Waals surface area (Å²) in [7, 11) is -1.97. The van der Waals surface area contributed by atoms with Crippen molar-refractivity contribution in [3.05, 3.63) is 23.2 Å². The smallest absolute Gasteiger partial charge is 0.243 e. The lowest BCUT2D eigenvalue weighted by molar-refractivity contribution is 0.182. The molecule has 122 valence electrons. The number of nitrogens with zero attached hydrogens (tertiary/aromatic N) is 2. The molecule has 1 saturated heterocycles. The molecule has 2 aliphatic rings. The number of rotatable bonds is 5. The molecule has 22 heavy (non-hydrogen) atoms. The Morgan fingerprint density at radius 2 is 1.91 bits per heavy atom. The van der Waals surface area contributed by atoms with Gasteiger partial charge in [0.05, 0.1) is 17.0 Å². The molecule has 0 amide bonds. The molecule has 1 saturated carbocycles. The largest absolute Gasteiger partial charge is 0.495 e. The molecule has 1 aliphatic heterocycles. The van der Waals surface area contributed by atoms with Crippen LogP contribution in [0.25, 0.3) is 0 Å². The van der Waals surface area contributed by atoms with E-state index in [1.54, 1.807) is 16.4 Å². The van der Waals surface area contributed by atoms with Crippen LogP contribution in [0.1, 0.15) is 12.8 Å². The van der Waals surface area contributed by atoms with Crippen LogP contribution in [-0.2, 0) is 10.0 Å². The van der Waals surface area contributed by atoms with Crippen molar-refractivity contribution in [1.29, 1.82) is 0 Å². The van der Waals surface area contributed by atoms with Crippen molar-refractivity contribution >= 4 is 21.6 Å². The van der Waals surface area contributed by atoms with Crippen molar-refractivity contribution in [2.75, 3.05) is 39.8 Å². The molecule has 0 N–H and O–H groups in total. The Morgan fingerprint density at radius 1 is 1.23 bits per heavy atom. The highest BCUT2D eigenvalue weighted by Gasteiger charge is 2.31. The third-order valence-electron chi connectivity index (χ3n) is 4.31. The van der Waals surface area contributed by atoms with Gasteiger partial charge >= 0.3 is 0 Å². The third-order valence-corrected chi connectivity index (χ3v) is 6.50. The van der Waals surface area contributed by atoms with Crippen LogP contribution in [0.5, 0.6) is 5.75 Å². The fourth-order valence-electron chi connectivity index (χ4n) is 2.77. The molecule has 7 heteroatoms. The van der Waals surface area contributed by atoms with Crippen LogP contribution in [0.15, 0.2) is 23.1 Å². The molecule has 1 heterocycles. The summed E-state index contributed by atoms with van der Waals surface area (Å²) in [6.45, 7) is 3.80. The molecule has 0 unspecified atom stereocenters. The second kappa shape index (κ2) is 6.35. The number of methoxy groups -OCH3 is 1. The van der Waals surface area contributed by atoms with Crippen molar-refractivity contribution in [2.45, 2.75) is 17.7 Å². The highest BCUT2D eigenvalue weighted by Crippen LogP contribution is 2.31. The Morgan fingerprint density at radius 3 is 2.45 bits per heavy atom. The molecule has 1 aromatic carbocycles. The minimum absolute atomic E-state index is 0.231. The first-order valence-electron chi connectivity index (χ1n) is 7.57. The van der Waals surface area contributed by atoms with Gasteiger partial charge in [-0.05, 0) is 37.0 Å². The van der Waals surface area contributed by atoms with Gasteiger partial charge < -0.3 is 9.64 Å². The first-order chi connectivity index (χ1) is 10.5. The molecule has 0 aromatic heterocycles. The molecule has 0 spiro atoms. The first kappa shape index (κ1) is 16.1. The lowest BCUT2D eigenvalue weighted by Gasteiger charge is -2.34. The Bertz CT molecular complexity index is 638. The second-order valence-corrected chi connectivity index (χ2v) is 8.29. The third kappa shape index (κ3) is 3.40. The van der Waals surface area contributed by atoms with E-state index < -0.39 is 10.0 Å². The van der Waals surface area contributed by atoms with Crippen molar-refractivity contribution in [3.63, 3.8) is 0 Å². The number of halogens is 1. The quantitative estimate of drug-likeness (QED) is 0.820. The van der Waals surface area contributed by atoms with Crippen LogP contribution < -0.4 is 4.74 Å². The molecule has 2 fully saturated rings. The maximum atomic E-state index is 12.7. The Hall–Kier alpha value is -0.820. The maximum Gasteiger partial charge on any atom is 0.243 e. The summed E-state index contributed by atoms with van der Waals surface area (Å²) in [5, 5.41) is 0.316. The van der Waals surface area contributed by atoms with E-state index >= 15 is 0 Å². The van der Waals surface area contributed by atoms with Crippen LogP contribution in [0, 0.1) is 5.92 Å². The standard InChI is InChI=1S/C15H21ClN2O3S/c1-21-15-5-4-13(10-14(15)16)22(19,20)18-8-6-17(7-9-18)11-12-2-3-12/h4-5,10,12H,2-3,6-9,11H2,1H3. The van der Waals surface area contributed by atoms with Gasteiger partial charge in [0.2, 0.25) is 10.0 Å². The van der Waals surface area contributed by atoms with Gasteiger partial charge in [-0.1, -0.05) is 11.6 Å². The summed E-state index contributed by atoms with van der Waals surface area (Å²) in [4.78, 5) is 2.60. The summed E-state index contributed by atoms with van der Waals surface area (Å²) in [6.07, 6.45) is 2.64. The number of ether oxygens (including phenoxy) is 1. The minimum atomic E-state index is -3.48. The molecular weight excluding hydrogens is 324 g/mol. The molecule has 3 rings (SSSR count). The molecule has 1 aliphatic carbocycles.